The van der Waals surface area contributed by atoms with Gasteiger partial charge in [-0.25, -0.2) is 0 Å². The van der Waals surface area contributed by atoms with Gasteiger partial charge in [-0.1, -0.05) is 19.8 Å². The van der Waals surface area contributed by atoms with Crippen molar-refractivity contribution in [3.8, 4) is 0 Å². The van der Waals surface area contributed by atoms with E-state index in [9.17, 15) is 0 Å². The molecule has 1 N–H and O–H groups in total. The molecule has 102 valence electrons. The SMILES string of the molecule is CNCc1ccc(CN(C)C2CCCCC2C)o1. The number of nitrogens with zero attached hydrogens (tertiary/aromatic N) is 1. The van der Waals surface area contributed by atoms with E-state index in [0.717, 1.165) is 36.6 Å². The molecule has 2 unspecified atom stereocenters. The molecular formula is C15H26N2O. The summed E-state index contributed by atoms with van der Waals surface area (Å²) in [6, 6.07) is 4.90. The van der Waals surface area contributed by atoms with Crippen molar-refractivity contribution >= 4 is 0 Å². The predicted molar refractivity (Wildman–Crippen MR) is 74.4 cm³/mol. The lowest BCUT2D eigenvalue weighted by Crippen LogP contribution is -2.38. The lowest BCUT2D eigenvalue weighted by atomic mass is 9.85. The van der Waals surface area contributed by atoms with Crippen LogP contribution in [-0.2, 0) is 13.1 Å². The van der Waals surface area contributed by atoms with Gasteiger partial charge in [-0.15, -0.1) is 0 Å². The molecule has 18 heavy (non-hydrogen) atoms. The molecule has 3 heteroatoms. The Morgan fingerprint density at radius 1 is 1.28 bits per heavy atom. The highest BCUT2D eigenvalue weighted by Crippen LogP contribution is 2.28. The quantitative estimate of drug-likeness (QED) is 0.871. The molecule has 1 saturated carbocycles. The summed E-state index contributed by atoms with van der Waals surface area (Å²) in [6.45, 7) is 4.12. The van der Waals surface area contributed by atoms with E-state index in [4.69, 9.17) is 4.42 Å². The number of hydrogen-bond acceptors (Lipinski definition) is 3. The maximum absolute atomic E-state index is 5.82. The smallest absolute Gasteiger partial charge is 0.118 e. The molecule has 2 atom stereocenters. The Morgan fingerprint density at radius 2 is 2.00 bits per heavy atom. The second kappa shape index (κ2) is 6.39. The molecule has 0 bridgehead atoms. The molecule has 0 saturated heterocycles. The van der Waals surface area contributed by atoms with Crippen molar-refractivity contribution in [3.05, 3.63) is 23.7 Å². The van der Waals surface area contributed by atoms with Gasteiger partial charge in [0.1, 0.15) is 11.5 Å². The zero-order chi connectivity index (χ0) is 13.0. The molecule has 0 amide bonds. The molecule has 1 aliphatic carbocycles. The van der Waals surface area contributed by atoms with E-state index in [1.54, 1.807) is 0 Å². The van der Waals surface area contributed by atoms with Crippen LogP contribution in [0, 0.1) is 5.92 Å². The fraction of sp³-hybridized carbons (Fsp3) is 0.733. The largest absolute Gasteiger partial charge is 0.463 e. The van der Waals surface area contributed by atoms with Crippen molar-refractivity contribution in [1.29, 1.82) is 0 Å². The highest BCUT2D eigenvalue weighted by molar-refractivity contribution is 5.07. The Kier molecular flexibility index (Phi) is 4.84. The lowest BCUT2D eigenvalue weighted by molar-refractivity contribution is 0.125. The second-order valence-corrected chi connectivity index (χ2v) is 5.64. The van der Waals surface area contributed by atoms with Crippen LogP contribution in [0.2, 0.25) is 0 Å². The van der Waals surface area contributed by atoms with Crippen LogP contribution in [0.3, 0.4) is 0 Å². The zero-order valence-electron chi connectivity index (χ0n) is 11.9. The maximum atomic E-state index is 5.82. The standard InChI is InChI=1S/C15H26N2O/c1-12-6-4-5-7-15(12)17(3)11-14-9-8-13(18-14)10-16-2/h8-9,12,15-16H,4-7,10-11H2,1-3H3. The second-order valence-electron chi connectivity index (χ2n) is 5.64. The fourth-order valence-electron chi connectivity index (χ4n) is 3.09. The van der Waals surface area contributed by atoms with E-state index in [0.29, 0.717) is 0 Å². The summed E-state index contributed by atoms with van der Waals surface area (Å²) in [6.07, 6.45) is 5.49. The number of nitrogens with one attached hydrogen (secondary N) is 1. The Balaban J connectivity index is 1.90. The first kappa shape index (κ1) is 13.6. The third-order valence-corrected chi connectivity index (χ3v) is 4.11. The van der Waals surface area contributed by atoms with Gasteiger partial charge in [0, 0.05) is 6.04 Å². The van der Waals surface area contributed by atoms with E-state index >= 15 is 0 Å². The number of hydrogen-bond donors (Lipinski definition) is 1. The Labute approximate surface area is 111 Å². The van der Waals surface area contributed by atoms with E-state index in [-0.39, 0.29) is 0 Å². The number of furan rings is 1. The van der Waals surface area contributed by atoms with Gasteiger partial charge in [0.25, 0.3) is 0 Å². The third-order valence-electron chi connectivity index (χ3n) is 4.11. The molecule has 0 aliphatic heterocycles. The van der Waals surface area contributed by atoms with E-state index in [1.165, 1.54) is 25.7 Å². The van der Waals surface area contributed by atoms with Gasteiger partial charge in [-0.3, -0.25) is 4.90 Å². The molecule has 0 radical (unpaired) electrons. The monoisotopic (exact) mass is 250 g/mol. The maximum Gasteiger partial charge on any atom is 0.118 e. The van der Waals surface area contributed by atoms with E-state index in [1.807, 2.05) is 7.05 Å². The van der Waals surface area contributed by atoms with E-state index < -0.39 is 0 Å². The zero-order valence-corrected chi connectivity index (χ0v) is 11.9. The molecule has 2 rings (SSSR count). The Morgan fingerprint density at radius 3 is 2.72 bits per heavy atom. The minimum absolute atomic E-state index is 0.719. The van der Waals surface area contributed by atoms with Crippen LogP contribution in [0.15, 0.2) is 16.5 Å². The van der Waals surface area contributed by atoms with Gasteiger partial charge >= 0.3 is 0 Å². The highest BCUT2D eigenvalue weighted by atomic mass is 16.3. The molecule has 0 aromatic carbocycles. The van der Waals surface area contributed by atoms with Crippen LogP contribution in [0.4, 0.5) is 0 Å². The molecule has 1 aromatic heterocycles. The minimum atomic E-state index is 0.719. The molecule has 0 spiro atoms. The van der Waals surface area contributed by atoms with Gasteiger partial charge in [0.15, 0.2) is 0 Å². The first-order valence-corrected chi connectivity index (χ1v) is 7.13. The fourth-order valence-corrected chi connectivity index (χ4v) is 3.09. The average Bonchev–Trinajstić information content (AvgIpc) is 2.77. The van der Waals surface area contributed by atoms with Crippen LogP contribution in [0.5, 0.6) is 0 Å². The molecule has 3 nitrogen and oxygen atoms in total. The summed E-state index contributed by atoms with van der Waals surface area (Å²) >= 11 is 0. The summed E-state index contributed by atoms with van der Waals surface area (Å²) in [5.41, 5.74) is 0. The topological polar surface area (TPSA) is 28.4 Å². The Hall–Kier alpha value is -0.800. The molecule has 1 fully saturated rings. The van der Waals surface area contributed by atoms with Crippen molar-refractivity contribution in [2.45, 2.75) is 51.7 Å². The third kappa shape index (κ3) is 3.36. The van der Waals surface area contributed by atoms with Crippen LogP contribution in [-0.4, -0.2) is 25.0 Å². The van der Waals surface area contributed by atoms with Gasteiger partial charge in [0.2, 0.25) is 0 Å². The van der Waals surface area contributed by atoms with Crippen LogP contribution < -0.4 is 5.32 Å². The van der Waals surface area contributed by atoms with Gasteiger partial charge < -0.3 is 9.73 Å². The first-order valence-electron chi connectivity index (χ1n) is 7.13. The number of rotatable bonds is 5. The first-order chi connectivity index (χ1) is 8.70. The summed E-state index contributed by atoms with van der Waals surface area (Å²) in [7, 11) is 4.17. The summed E-state index contributed by atoms with van der Waals surface area (Å²) in [4.78, 5) is 2.46. The van der Waals surface area contributed by atoms with Gasteiger partial charge in [-0.05, 0) is 45.0 Å². The highest BCUT2D eigenvalue weighted by Gasteiger charge is 2.25. The minimum Gasteiger partial charge on any atom is -0.463 e. The van der Waals surface area contributed by atoms with Gasteiger partial charge in [-0.2, -0.15) is 0 Å². The summed E-state index contributed by atoms with van der Waals surface area (Å²) in [5.74, 6) is 2.92. The van der Waals surface area contributed by atoms with Crippen LogP contribution >= 0.6 is 0 Å². The van der Waals surface area contributed by atoms with Crippen LogP contribution in [0.25, 0.3) is 0 Å². The van der Waals surface area contributed by atoms with Crippen LogP contribution in [0.1, 0.15) is 44.1 Å². The Bertz CT molecular complexity index is 361. The summed E-state index contributed by atoms with van der Waals surface area (Å²) in [5, 5.41) is 3.11. The van der Waals surface area contributed by atoms with Crippen molar-refractivity contribution in [2.24, 2.45) is 5.92 Å². The summed E-state index contributed by atoms with van der Waals surface area (Å²) < 4.78 is 5.82. The van der Waals surface area contributed by atoms with Gasteiger partial charge in [0.05, 0.1) is 13.1 Å². The lowest BCUT2D eigenvalue weighted by Gasteiger charge is -2.35. The molecule has 1 heterocycles. The van der Waals surface area contributed by atoms with Crippen molar-refractivity contribution < 1.29 is 4.42 Å². The van der Waals surface area contributed by atoms with Crippen molar-refractivity contribution in [3.63, 3.8) is 0 Å². The van der Waals surface area contributed by atoms with Crippen molar-refractivity contribution in [2.75, 3.05) is 14.1 Å². The van der Waals surface area contributed by atoms with Crippen molar-refractivity contribution in [1.82, 2.24) is 10.2 Å². The molecule has 1 aromatic rings. The normalized spacial score (nSPS) is 24.7. The molecule has 1 aliphatic rings. The average molecular weight is 250 g/mol. The van der Waals surface area contributed by atoms with E-state index in [2.05, 4.69) is 36.3 Å². The molecular weight excluding hydrogens is 224 g/mol. The predicted octanol–water partition coefficient (Wildman–Crippen LogP) is 3.01.